The van der Waals surface area contributed by atoms with E-state index >= 15 is 0 Å². The van der Waals surface area contributed by atoms with Gasteiger partial charge in [-0.05, 0) is 147 Å². The molecule has 4 heterocycles. The van der Waals surface area contributed by atoms with Crippen molar-refractivity contribution in [2.24, 2.45) is 5.41 Å². The number of hydrogen-bond acceptors (Lipinski definition) is 3. The van der Waals surface area contributed by atoms with Gasteiger partial charge in [0.1, 0.15) is 5.82 Å². The van der Waals surface area contributed by atoms with Crippen molar-refractivity contribution in [3.63, 3.8) is 0 Å². The van der Waals surface area contributed by atoms with E-state index in [1.165, 1.54) is 33.0 Å². The van der Waals surface area contributed by atoms with Crippen molar-refractivity contribution >= 4 is 76.5 Å². The van der Waals surface area contributed by atoms with Gasteiger partial charge in [0, 0.05) is 52.7 Å². The molecule has 0 aliphatic carbocycles. The van der Waals surface area contributed by atoms with Crippen LogP contribution in [0.25, 0.3) is 93.2 Å². The molecule has 6 heteroatoms. The van der Waals surface area contributed by atoms with E-state index in [-0.39, 0.29) is 31.9 Å². The molecule has 0 atom stereocenters. The van der Waals surface area contributed by atoms with Crippen molar-refractivity contribution in [1.82, 2.24) is 14.1 Å². The molecule has 3 aromatic heterocycles. The Hall–Kier alpha value is -8.11. The minimum Gasteiger partial charge on any atom is -0.509 e. The monoisotopic (exact) mass is 1210 g/mol. The van der Waals surface area contributed by atoms with Gasteiger partial charge in [0.25, 0.3) is 0 Å². The number of anilines is 2. The van der Waals surface area contributed by atoms with Crippen LogP contribution in [0.2, 0.25) is 0 Å². The second kappa shape index (κ2) is 19.7. The SMILES string of the molecule is [2H]C([2H])(c1ccnc(-n2c3[c-]c(Oc4[c-]c(N5[CH-]n6c7c(-c8cc(-c9ccc(C(C)(C)C)cc9)cc(C(C)(C)C)c8)cccc7c7ccccc7c7ccccc7c7cccc5c76)ccc4)ccc3c3ccccc32)c1)C(C)(C)C.[Pt]. The summed E-state index contributed by atoms with van der Waals surface area (Å²) in [4.78, 5) is 7.07. The zero-order valence-electron chi connectivity index (χ0n) is 48.1. The molecule has 0 saturated carbocycles. The Kier molecular flexibility index (Phi) is 12.2. The first kappa shape index (κ1) is 49.2. The van der Waals surface area contributed by atoms with E-state index in [0.29, 0.717) is 22.9 Å². The van der Waals surface area contributed by atoms with E-state index in [0.717, 1.165) is 76.9 Å². The molecule has 5 nitrogen and oxygen atoms in total. The molecule has 0 radical (unpaired) electrons. The summed E-state index contributed by atoms with van der Waals surface area (Å²) in [5.74, 6) is 1.66. The molecule has 0 bridgehead atoms. The van der Waals surface area contributed by atoms with Crippen molar-refractivity contribution in [2.75, 3.05) is 4.90 Å². The Morgan fingerprint density at radius 2 is 1.10 bits per heavy atom. The van der Waals surface area contributed by atoms with Gasteiger partial charge in [-0.1, -0.05) is 207 Å². The third-order valence-corrected chi connectivity index (χ3v) is 15.2. The fraction of sp³-hybridized carbons (Fsp3) is 0.178. The fourth-order valence-corrected chi connectivity index (χ4v) is 11.5. The van der Waals surface area contributed by atoms with Crippen LogP contribution in [0.3, 0.4) is 0 Å². The van der Waals surface area contributed by atoms with Crippen LogP contribution in [0, 0.1) is 24.2 Å². The number of fused-ring (bicyclic) bond motifs is 10. The smallest absolute Gasteiger partial charge is 0.135 e. The van der Waals surface area contributed by atoms with Crippen LogP contribution in [-0.2, 0) is 38.3 Å². The molecule has 0 fully saturated rings. The van der Waals surface area contributed by atoms with Crippen LogP contribution in [0.15, 0.2) is 200 Å². The van der Waals surface area contributed by atoms with Gasteiger partial charge in [0.05, 0.1) is 0 Å². The maximum atomic E-state index is 9.11. The summed E-state index contributed by atoms with van der Waals surface area (Å²) < 4.78 is 29.5. The molecule has 0 N–H and O–H groups in total. The zero-order chi connectivity index (χ0) is 55.5. The first-order chi connectivity index (χ1) is 38.3. The minimum atomic E-state index is -1.60. The maximum Gasteiger partial charge on any atom is 0.135 e. The molecule has 1 aliphatic heterocycles. The van der Waals surface area contributed by atoms with E-state index in [2.05, 4.69) is 226 Å². The van der Waals surface area contributed by atoms with Crippen LogP contribution in [0.5, 0.6) is 11.5 Å². The molecule has 1 aliphatic rings. The molecule has 9 aromatic carbocycles. The van der Waals surface area contributed by atoms with Gasteiger partial charge in [-0.25, -0.2) is 4.98 Å². The fourth-order valence-electron chi connectivity index (χ4n) is 11.5. The quantitative estimate of drug-likeness (QED) is 0.149. The first-order valence-electron chi connectivity index (χ1n) is 28.1. The summed E-state index contributed by atoms with van der Waals surface area (Å²) in [6, 6.07) is 76.7. The van der Waals surface area contributed by atoms with Gasteiger partial charge in [-0.2, -0.15) is 12.1 Å². The van der Waals surface area contributed by atoms with E-state index in [1.807, 2.05) is 57.2 Å². The van der Waals surface area contributed by atoms with Crippen LogP contribution >= 0.6 is 0 Å². The normalized spacial score (nSPS) is 13.2. The number of ether oxygens (including phenoxy) is 1. The van der Waals surface area contributed by atoms with E-state index in [4.69, 9.17) is 12.5 Å². The van der Waals surface area contributed by atoms with Gasteiger partial charge in [0.15, 0.2) is 0 Å². The number of nitrogens with zero attached hydrogens (tertiary/aromatic N) is 4. The average molecular weight is 1210 g/mol. The van der Waals surface area contributed by atoms with Gasteiger partial charge in [-0.3, -0.25) is 0 Å². The van der Waals surface area contributed by atoms with Gasteiger partial charge in [-0.15, -0.1) is 35.7 Å². The first-order valence-corrected chi connectivity index (χ1v) is 27.1. The number of aromatic nitrogens is 3. The second-order valence-corrected chi connectivity index (χ2v) is 23.9. The van der Waals surface area contributed by atoms with Crippen molar-refractivity contribution in [1.29, 1.82) is 0 Å². The molecule has 0 amide bonds. The molecule has 13 rings (SSSR count). The van der Waals surface area contributed by atoms with Gasteiger partial charge in [0.2, 0.25) is 0 Å². The van der Waals surface area contributed by atoms with Crippen LogP contribution in [0.4, 0.5) is 11.4 Å². The summed E-state index contributed by atoms with van der Waals surface area (Å²) in [5, 5.41) is 8.95. The number of rotatable bonds is 7. The number of para-hydroxylation sites is 3. The largest absolute Gasteiger partial charge is 0.509 e. The van der Waals surface area contributed by atoms with Crippen LogP contribution < -0.4 is 9.64 Å². The van der Waals surface area contributed by atoms with Crippen LogP contribution in [0.1, 0.15) is 81.7 Å². The Labute approximate surface area is 481 Å². The second-order valence-electron chi connectivity index (χ2n) is 23.9. The van der Waals surface area contributed by atoms with Crippen molar-refractivity contribution in [3.05, 3.63) is 236 Å². The number of pyridine rings is 1. The van der Waals surface area contributed by atoms with Gasteiger partial charge < -0.3 is 18.8 Å². The number of benzene rings is 9. The summed E-state index contributed by atoms with van der Waals surface area (Å²) in [7, 11) is 0. The Balaban J connectivity index is 0.00000651. The third kappa shape index (κ3) is 9.42. The average Bonchev–Trinajstić information content (AvgIpc) is 3.15. The predicted octanol–water partition coefficient (Wildman–Crippen LogP) is 19.7. The Morgan fingerprint density at radius 3 is 1.78 bits per heavy atom. The zero-order valence-corrected chi connectivity index (χ0v) is 48.4. The molecule has 79 heavy (non-hydrogen) atoms. The minimum absolute atomic E-state index is 0. The summed E-state index contributed by atoms with van der Waals surface area (Å²) >= 11 is 0. The topological polar surface area (TPSA) is 35.2 Å². The molecule has 0 unspecified atom stereocenters. The van der Waals surface area contributed by atoms with Crippen molar-refractivity contribution in [2.45, 2.75) is 79.5 Å². The van der Waals surface area contributed by atoms with Crippen molar-refractivity contribution in [3.8, 4) is 39.6 Å². The molecule has 394 valence electrons. The molecule has 12 aromatic rings. The van der Waals surface area contributed by atoms with Crippen LogP contribution in [-0.4, -0.2) is 14.1 Å². The van der Waals surface area contributed by atoms with E-state index < -0.39 is 11.8 Å². The van der Waals surface area contributed by atoms with E-state index in [1.54, 1.807) is 12.3 Å². The standard InChI is InChI=1S/C73H63N4O.Pt/c1-71(2,3)45-47-37-38-74-68(39-47)77-65-29-15-14-25-61(65)62-36-35-55(44-67(62)77)78-54-20-16-19-53(43-54)75-46-76-69-56(50-40-49(41-52(42-50)73(7,8)9)48-31-33-51(34-32-48)72(4,5)6)26-17-27-63(69)59-23-12-10-21-57(59)58-22-11-13-24-60(58)64-28-18-30-66(75)70(64)76;/h10-42,46H,45H2,1-9H3;/q-3;/i45D2;. The van der Waals surface area contributed by atoms with Gasteiger partial charge >= 0.3 is 0 Å². The molecule has 0 saturated heterocycles. The summed E-state index contributed by atoms with van der Waals surface area (Å²) in [5.41, 5.74) is 12.8. The molecule has 0 spiro atoms. The number of hydrogen-bond donors (Lipinski definition) is 0. The molecular formula is C73H63N4OPt-3. The summed E-state index contributed by atoms with van der Waals surface area (Å²) in [6.45, 7) is 21.7. The Morgan fingerprint density at radius 1 is 0.506 bits per heavy atom. The molecular weight excluding hydrogens is 1140 g/mol. The summed E-state index contributed by atoms with van der Waals surface area (Å²) in [6.07, 6.45) is 0.0950. The third-order valence-electron chi connectivity index (χ3n) is 15.2. The Bertz CT molecular complexity index is 4530. The van der Waals surface area contributed by atoms with E-state index in [9.17, 15) is 0 Å². The predicted molar refractivity (Wildman–Crippen MR) is 328 cm³/mol. The maximum absolute atomic E-state index is 9.11. The van der Waals surface area contributed by atoms with Crippen molar-refractivity contribution < 1.29 is 28.5 Å².